The van der Waals surface area contributed by atoms with E-state index in [0.29, 0.717) is 5.92 Å². The number of rotatable bonds is 7. The van der Waals surface area contributed by atoms with E-state index in [1.54, 1.807) is 0 Å². The third-order valence-electron chi connectivity index (χ3n) is 2.37. The highest BCUT2D eigenvalue weighted by Gasteiger charge is 2.11. The smallest absolute Gasteiger partial charge is 0.0692 e. The largest absolute Gasteiger partial charge is 0.305 e. The van der Waals surface area contributed by atoms with Gasteiger partial charge in [-0.15, -0.1) is 0 Å². The highest BCUT2D eigenvalue weighted by atomic mass is 127. The molecule has 0 saturated heterocycles. The minimum absolute atomic E-state index is 0.475. The standard InChI is InChI=1S/C11H14BrIOS2/c12-11-5-3-9(4-6-11)10(2-1-7-15)8-14-16-13/h3-6,10,15H,1-2,7-8H2. The van der Waals surface area contributed by atoms with Gasteiger partial charge in [-0.3, -0.25) is 0 Å². The molecule has 0 aromatic heterocycles. The van der Waals surface area contributed by atoms with Crippen LogP contribution < -0.4 is 0 Å². The van der Waals surface area contributed by atoms with E-state index >= 15 is 0 Å². The van der Waals surface area contributed by atoms with Crippen molar-refractivity contribution < 1.29 is 4.18 Å². The lowest BCUT2D eigenvalue weighted by Gasteiger charge is -2.15. The minimum atomic E-state index is 0.475. The number of hydrogen-bond acceptors (Lipinski definition) is 3. The van der Waals surface area contributed by atoms with Crippen molar-refractivity contribution in [1.82, 2.24) is 0 Å². The molecule has 16 heavy (non-hydrogen) atoms. The quantitative estimate of drug-likeness (QED) is 0.357. The zero-order valence-electron chi connectivity index (χ0n) is 8.73. The van der Waals surface area contributed by atoms with Crippen molar-refractivity contribution in [3.63, 3.8) is 0 Å². The minimum Gasteiger partial charge on any atom is -0.305 e. The average Bonchev–Trinajstić information content (AvgIpc) is 2.31. The second-order valence-corrected chi connectivity index (χ2v) is 6.27. The van der Waals surface area contributed by atoms with E-state index in [1.165, 1.54) is 14.8 Å². The van der Waals surface area contributed by atoms with Crippen molar-refractivity contribution in [2.24, 2.45) is 0 Å². The van der Waals surface area contributed by atoms with Gasteiger partial charge in [0.25, 0.3) is 0 Å². The normalized spacial score (nSPS) is 12.7. The fraction of sp³-hybridized carbons (Fsp3) is 0.455. The Morgan fingerprint density at radius 2 is 2.06 bits per heavy atom. The van der Waals surface area contributed by atoms with Crippen LogP contribution in [0.2, 0.25) is 0 Å². The van der Waals surface area contributed by atoms with Gasteiger partial charge in [0, 0.05) is 31.6 Å². The van der Waals surface area contributed by atoms with E-state index in [0.717, 1.165) is 29.7 Å². The summed E-state index contributed by atoms with van der Waals surface area (Å²) in [6.45, 7) is 0.767. The van der Waals surface area contributed by atoms with Crippen molar-refractivity contribution in [3.05, 3.63) is 34.3 Å². The summed E-state index contributed by atoms with van der Waals surface area (Å²) in [5.41, 5.74) is 1.34. The molecule has 1 unspecified atom stereocenters. The Kier molecular flexibility index (Phi) is 8.59. The van der Waals surface area contributed by atoms with Gasteiger partial charge in [0.2, 0.25) is 0 Å². The molecule has 5 heteroatoms. The highest BCUT2D eigenvalue weighted by Crippen LogP contribution is 2.26. The number of halogens is 2. The predicted octanol–water partition coefficient (Wildman–Crippen LogP) is 5.26. The average molecular weight is 433 g/mol. The molecule has 0 fully saturated rings. The van der Waals surface area contributed by atoms with E-state index in [9.17, 15) is 0 Å². The third-order valence-corrected chi connectivity index (χ3v) is 4.20. The zero-order valence-corrected chi connectivity index (χ0v) is 14.2. The van der Waals surface area contributed by atoms with E-state index in [4.69, 9.17) is 4.18 Å². The lowest BCUT2D eigenvalue weighted by molar-refractivity contribution is 0.331. The Morgan fingerprint density at radius 1 is 1.38 bits per heavy atom. The van der Waals surface area contributed by atoms with Crippen LogP contribution in [-0.2, 0) is 4.18 Å². The van der Waals surface area contributed by atoms with Crippen LogP contribution in [0, 0.1) is 0 Å². The fourth-order valence-corrected chi connectivity index (χ4v) is 2.63. The second-order valence-electron chi connectivity index (χ2n) is 3.46. The summed E-state index contributed by atoms with van der Waals surface area (Å²) in [6, 6.07) is 8.49. The third kappa shape index (κ3) is 5.62. The van der Waals surface area contributed by atoms with Gasteiger partial charge < -0.3 is 4.18 Å². The Balaban J connectivity index is 2.62. The van der Waals surface area contributed by atoms with Crippen LogP contribution in [0.5, 0.6) is 0 Å². The summed E-state index contributed by atoms with van der Waals surface area (Å²) in [7, 11) is 1.40. The molecule has 0 aliphatic rings. The summed E-state index contributed by atoms with van der Waals surface area (Å²) in [4.78, 5) is 0. The maximum absolute atomic E-state index is 5.44. The van der Waals surface area contributed by atoms with Crippen molar-refractivity contribution in [3.8, 4) is 0 Å². The highest BCUT2D eigenvalue weighted by molar-refractivity contribution is 14.2. The Hall–Kier alpha value is 1.09. The number of hydrogen-bond donors (Lipinski definition) is 1. The Labute approximate surface area is 127 Å². The second kappa shape index (κ2) is 9.08. The van der Waals surface area contributed by atoms with Crippen LogP contribution in [0.15, 0.2) is 28.7 Å². The Bertz CT molecular complexity index is 287. The molecule has 0 aliphatic heterocycles. The summed E-state index contributed by atoms with van der Waals surface area (Å²) in [6.07, 6.45) is 2.25. The van der Waals surface area contributed by atoms with Gasteiger partial charge >= 0.3 is 0 Å². The molecule has 0 heterocycles. The molecular weight excluding hydrogens is 419 g/mol. The molecule has 1 rings (SSSR count). The van der Waals surface area contributed by atoms with Crippen LogP contribution in [0.1, 0.15) is 24.3 Å². The van der Waals surface area contributed by atoms with E-state index in [1.807, 2.05) is 0 Å². The van der Waals surface area contributed by atoms with E-state index in [-0.39, 0.29) is 0 Å². The SMILES string of the molecule is SCCCC(COSI)c1ccc(Br)cc1. The van der Waals surface area contributed by atoms with Gasteiger partial charge in [-0.05, 0) is 36.3 Å². The van der Waals surface area contributed by atoms with E-state index in [2.05, 4.69) is 74.0 Å². The summed E-state index contributed by atoms with van der Waals surface area (Å²) >= 11 is 9.87. The number of benzene rings is 1. The number of thiol groups is 1. The van der Waals surface area contributed by atoms with Gasteiger partial charge in [-0.25, -0.2) is 0 Å². The molecule has 0 spiro atoms. The first-order valence-electron chi connectivity index (χ1n) is 5.04. The maximum Gasteiger partial charge on any atom is 0.0692 e. The first-order valence-corrected chi connectivity index (χ1v) is 9.75. The molecule has 0 bridgehead atoms. The molecule has 0 radical (unpaired) electrons. The van der Waals surface area contributed by atoms with Gasteiger partial charge in [-0.2, -0.15) is 12.6 Å². The molecule has 0 saturated carbocycles. The Morgan fingerprint density at radius 3 is 2.62 bits per heavy atom. The van der Waals surface area contributed by atoms with Crippen LogP contribution >= 0.6 is 59.0 Å². The lowest BCUT2D eigenvalue weighted by atomic mass is 9.95. The van der Waals surface area contributed by atoms with E-state index < -0.39 is 0 Å². The summed E-state index contributed by atoms with van der Waals surface area (Å²) in [5.74, 6) is 1.41. The van der Waals surface area contributed by atoms with Gasteiger partial charge in [0.1, 0.15) is 0 Å². The van der Waals surface area contributed by atoms with Crippen molar-refractivity contribution in [1.29, 1.82) is 0 Å². The maximum atomic E-state index is 5.44. The van der Waals surface area contributed by atoms with Crippen molar-refractivity contribution in [2.75, 3.05) is 12.4 Å². The fourth-order valence-electron chi connectivity index (χ4n) is 1.53. The summed E-state index contributed by atoms with van der Waals surface area (Å²) in [5, 5.41) is 0. The molecule has 1 aromatic carbocycles. The van der Waals surface area contributed by atoms with Gasteiger partial charge in [0.15, 0.2) is 0 Å². The predicted molar refractivity (Wildman–Crippen MR) is 87.5 cm³/mol. The molecule has 1 nitrogen and oxygen atoms in total. The molecule has 0 amide bonds. The molecule has 1 aromatic rings. The molecule has 0 N–H and O–H groups in total. The zero-order chi connectivity index (χ0) is 11.8. The lowest BCUT2D eigenvalue weighted by Crippen LogP contribution is -2.05. The van der Waals surface area contributed by atoms with Crippen molar-refractivity contribution in [2.45, 2.75) is 18.8 Å². The first-order chi connectivity index (χ1) is 7.77. The topological polar surface area (TPSA) is 9.23 Å². The molecular formula is C11H14BrIOS2. The van der Waals surface area contributed by atoms with Gasteiger partial charge in [-0.1, -0.05) is 28.1 Å². The monoisotopic (exact) mass is 432 g/mol. The summed E-state index contributed by atoms with van der Waals surface area (Å²) < 4.78 is 6.56. The first kappa shape index (κ1) is 15.1. The van der Waals surface area contributed by atoms with Crippen LogP contribution in [0.3, 0.4) is 0 Å². The van der Waals surface area contributed by atoms with Crippen LogP contribution in [0.4, 0.5) is 0 Å². The van der Waals surface area contributed by atoms with Gasteiger partial charge in [0.05, 0.1) is 15.8 Å². The van der Waals surface area contributed by atoms with Crippen LogP contribution in [0.25, 0.3) is 0 Å². The van der Waals surface area contributed by atoms with Crippen LogP contribution in [-0.4, -0.2) is 12.4 Å². The molecule has 1 atom stereocenters. The molecule has 90 valence electrons. The molecule has 0 aliphatic carbocycles. The van der Waals surface area contributed by atoms with Crippen molar-refractivity contribution >= 4 is 59.0 Å².